The lowest BCUT2D eigenvalue weighted by molar-refractivity contribution is 0.290. The molecule has 0 spiro atoms. The molecule has 4 rings (SSSR count). The van der Waals surface area contributed by atoms with Crippen molar-refractivity contribution in [2.24, 2.45) is 0 Å². The number of aromatic nitrogens is 2. The number of hydrogen-bond donors (Lipinski definition) is 0. The van der Waals surface area contributed by atoms with Gasteiger partial charge in [-0.25, -0.2) is 8.42 Å². The number of sulfonamides is 1. The molecule has 3 aromatic rings. The number of benzene rings is 2. The molecule has 0 amide bonds. The van der Waals surface area contributed by atoms with E-state index < -0.39 is 16.1 Å². The maximum absolute atomic E-state index is 13.2. The molecule has 0 bridgehead atoms. The first kappa shape index (κ1) is 19.8. The van der Waals surface area contributed by atoms with Gasteiger partial charge in [-0.15, -0.1) is 0 Å². The SMILES string of the molecule is Cc1ccc(-c2noc(C3CCCN3S(=O)(=O)c3ccc(C(C)C)cc3)n2)cc1. The van der Waals surface area contributed by atoms with Gasteiger partial charge in [-0.1, -0.05) is 61.0 Å². The van der Waals surface area contributed by atoms with Crippen LogP contribution in [-0.2, 0) is 10.0 Å². The van der Waals surface area contributed by atoms with E-state index in [4.69, 9.17) is 4.52 Å². The van der Waals surface area contributed by atoms with Crippen LogP contribution in [0.25, 0.3) is 11.4 Å². The molecule has 0 saturated carbocycles. The molecule has 1 aromatic heterocycles. The van der Waals surface area contributed by atoms with Crippen molar-refractivity contribution in [1.82, 2.24) is 14.4 Å². The summed E-state index contributed by atoms with van der Waals surface area (Å²) in [5.74, 6) is 1.18. The lowest BCUT2D eigenvalue weighted by Gasteiger charge is -2.21. The molecule has 6 nitrogen and oxygen atoms in total. The van der Waals surface area contributed by atoms with Gasteiger partial charge in [-0.3, -0.25) is 0 Å². The summed E-state index contributed by atoms with van der Waals surface area (Å²) in [6.07, 6.45) is 1.43. The summed E-state index contributed by atoms with van der Waals surface area (Å²) in [5, 5.41) is 4.07. The zero-order valence-corrected chi connectivity index (χ0v) is 17.7. The predicted molar refractivity (Wildman–Crippen MR) is 111 cm³/mol. The van der Waals surface area contributed by atoms with Crippen LogP contribution in [0, 0.1) is 6.92 Å². The van der Waals surface area contributed by atoms with Crippen LogP contribution in [0.15, 0.2) is 57.9 Å². The van der Waals surface area contributed by atoms with Crippen LogP contribution in [0.2, 0.25) is 0 Å². The van der Waals surface area contributed by atoms with Crippen molar-refractivity contribution >= 4 is 10.0 Å². The second-order valence-corrected chi connectivity index (χ2v) is 9.71. The van der Waals surface area contributed by atoms with Crippen molar-refractivity contribution in [3.63, 3.8) is 0 Å². The summed E-state index contributed by atoms with van der Waals surface area (Å²) < 4.78 is 33.5. The first-order chi connectivity index (χ1) is 13.9. The average molecular weight is 412 g/mol. The van der Waals surface area contributed by atoms with E-state index in [1.807, 2.05) is 43.3 Å². The largest absolute Gasteiger partial charge is 0.337 e. The van der Waals surface area contributed by atoms with Crippen molar-refractivity contribution < 1.29 is 12.9 Å². The number of nitrogens with zero attached hydrogens (tertiary/aromatic N) is 3. The molecule has 29 heavy (non-hydrogen) atoms. The van der Waals surface area contributed by atoms with Crippen molar-refractivity contribution in [2.45, 2.75) is 50.5 Å². The molecular weight excluding hydrogens is 386 g/mol. The Morgan fingerprint density at radius 3 is 2.41 bits per heavy atom. The third-order valence-corrected chi connectivity index (χ3v) is 7.32. The molecule has 2 aromatic carbocycles. The van der Waals surface area contributed by atoms with Gasteiger partial charge in [-0.2, -0.15) is 9.29 Å². The van der Waals surface area contributed by atoms with Crippen LogP contribution in [0.4, 0.5) is 0 Å². The van der Waals surface area contributed by atoms with Crippen LogP contribution in [0.1, 0.15) is 55.7 Å². The highest BCUT2D eigenvalue weighted by Gasteiger charge is 2.39. The maximum Gasteiger partial charge on any atom is 0.245 e. The van der Waals surface area contributed by atoms with Gasteiger partial charge < -0.3 is 4.52 Å². The van der Waals surface area contributed by atoms with Crippen molar-refractivity contribution in [3.8, 4) is 11.4 Å². The molecule has 1 fully saturated rings. The van der Waals surface area contributed by atoms with Gasteiger partial charge in [0.15, 0.2) is 0 Å². The second kappa shape index (κ2) is 7.72. The van der Waals surface area contributed by atoms with E-state index in [1.54, 1.807) is 12.1 Å². The molecule has 152 valence electrons. The highest BCUT2D eigenvalue weighted by molar-refractivity contribution is 7.89. The third kappa shape index (κ3) is 3.84. The Bertz CT molecular complexity index is 1090. The zero-order valence-electron chi connectivity index (χ0n) is 16.9. The van der Waals surface area contributed by atoms with Gasteiger partial charge in [-0.05, 0) is 43.4 Å². The smallest absolute Gasteiger partial charge is 0.245 e. The first-order valence-electron chi connectivity index (χ1n) is 9.89. The number of aryl methyl sites for hydroxylation is 1. The van der Waals surface area contributed by atoms with Crippen LogP contribution in [0.5, 0.6) is 0 Å². The third-order valence-electron chi connectivity index (χ3n) is 5.39. The van der Waals surface area contributed by atoms with Gasteiger partial charge in [0.1, 0.15) is 6.04 Å². The van der Waals surface area contributed by atoms with Crippen LogP contribution < -0.4 is 0 Å². The Kier molecular flexibility index (Phi) is 5.27. The minimum Gasteiger partial charge on any atom is -0.337 e. The summed E-state index contributed by atoms with van der Waals surface area (Å²) in [6.45, 7) is 6.63. The van der Waals surface area contributed by atoms with Gasteiger partial charge in [0.2, 0.25) is 21.7 Å². The lowest BCUT2D eigenvalue weighted by atomic mass is 10.0. The molecular formula is C22H25N3O3S. The number of rotatable bonds is 5. The van der Waals surface area contributed by atoms with E-state index in [-0.39, 0.29) is 0 Å². The molecule has 1 saturated heterocycles. The molecule has 0 N–H and O–H groups in total. The van der Waals surface area contributed by atoms with Gasteiger partial charge >= 0.3 is 0 Å². The van der Waals surface area contributed by atoms with E-state index >= 15 is 0 Å². The maximum atomic E-state index is 13.2. The van der Waals surface area contributed by atoms with Crippen LogP contribution in [-0.4, -0.2) is 29.4 Å². The van der Waals surface area contributed by atoms with Crippen molar-refractivity contribution in [3.05, 3.63) is 65.5 Å². The summed E-state index contributed by atoms with van der Waals surface area (Å²) >= 11 is 0. The van der Waals surface area contributed by atoms with Gasteiger partial charge in [0.05, 0.1) is 4.90 Å². The van der Waals surface area contributed by atoms with Crippen molar-refractivity contribution in [1.29, 1.82) is 0 Å². The second-order valence-electron chi connectivity index (χ2n) is 7.82. The molecule has 7 heteroatoms. The Morgan fingerprint density at radius 2 is 1.76 bits per heavy atom. The van der Waals surface area contributed by atoms with Crippen molar-refractivity contribution in [2.75, 3.05) is 6.54 Å². The summed E-state index contributed by atoms with van der Waals surface area (Å²) in [6, 6.07) is 14.5. The average Bonchev–Trinajstić information content (AvgIpc) is 3.38. The molecule has 0 radical (unpaired) electrons. The minimum absolute atomic E-state index is 0.298. The zero-order chi connectivity index (χ0) is 20.6. The van der Waals surface area contributed by atoms with E-state index in [0.29, 0.717) is 35.5 Å². The fourth-order valence-corrected chi connectivity index (χ4v) is 5.28. The molecule has 1 aliphatic rings. The summed E-state index contributed by atoms with van der Waals surface area (Å²) in [7, 11) is -3.63. The van der Waals surface area contributed by atoms with E-state index in [2.05, 4.69) is 24.0 Å². The van der Waals surface area contributed by atoms with E-state index in [0.717, 1.165) is 23.1 Å². The highest BCUT2D eigenvalue weighted by Crippen LogP contribution is 2.36. The molecule has 2 heterocycles. The fourth-order valence-electron chi connectivity index (χ4n) is 3.63. The monoisotopic (exact) mass is 411 g/mol. The Balaban J connectivity index is 1.61. The molecule has 1 unspecified atom stereocenters. The van der Waals surface area contributed by atoms with E-state index in [1.165, 1.54) is 4.31 Å². The Hall–Kier alpha value is -2.51. The fraction of sp³-hybridized carbons (Fsp3) is 0.364. The first-order valence-corrected chi connectivity index (χ1v) is 11.3. The Labute approximate surface area is 171 Å². The topological polar surface area (TPSA) is 76.3 Å². The molecule has 0 aliphatic carbocycles. The van der Waals surface area contributed by atoms with Gasteiger partial charge in [0.25, 0.3) is 0 Å². The predicted octanol–water partition coefficient (Wildman–Crippen LogP) is 4.69. The van der Waals surface area contributed by atoms with Gasteiger partial charge in [0, 0.05) is 12.1 Å². The highest BCUT2D eigenvalue weighted by atomic mass is 32.2. The lowest BCUT2D eigenvalue weighted by Crippen LogP contribution is -2.30. The molecule has 1 atom stereocenters. The quantitative estimate of drug-likeness (QED) is 0.608. The van der Waals surface area contributed by atoms with E-state index in [9.17, 15) is 8.42 Å². The number of hydrogen-bond acceptors (Lipinski definition) is 5. The standard InChI is InChI=1S/C22H25N3O3S/c1-15(2)17-10-12-19(13-11-17)29(26,27)25-14-4-5-20(25)22-23-21(24-28-22)18-8-6-16(3)7-9-18/h6-13,15,20H,4-5,14H2,1-3H3. The van der Waals surface area contributed by atoms with Crippen LogP contribution in [0.3, 0.4) is 0 Å². The summed E-state index contributed by atoms with van der Waals surface area (Å²) in [5.41, 5.74) is 3.11. The van der Waals surface area contributed by atoms with Crippen LogP contribution >= 0.6 is 0 Å². The molecule has 1 aliphatic heterocycles. The summed E-state index contributed by atoms with van der Waals surface area (Å²) in [4.78, 5) is 4.80. The minimum atomic E-state index is -3.63. The normalized spacial score (nSPS) is 17.9. The Morgan fingerprint density at radius 1 is 1.07 bits per heavy atom.